The Morgan fingerprint density at radius 1 is 0.320 bits per heavy atom. The van der Waals surface area contributed by atoms with Gasteiger partial charge in [0.1, 0.15) is 13.2 Å². The van der Waals surface area contributed by atoms with Crippen LogP contribution in [-0.2, 0) is 33.3 Å². The van der Waals surface area contributed by atoms with E-state index in [9.17, 15) is 19.5 Å². The molecule has 0 aliphatic carbocycles. The van der Waals surface area contributed by atoms with Crippen LogP contribution in [0.15, 0.2) is 85.1 Å². The molecule has 0 spiro atoms. The van der Waals surface area contributed by atoms with Crippen LogP contribution in [0.2, 0.25) is 0 Å². The van der Waals surface area contributed by atoms with Gasteiger partial charge in [0.15, 0.2) is 12.4 Å². The number of quaternary nitrogens is 1. The van der Waals surface area contributed by atoms with Gasteiger partial charge in [0.05, 0.1) is 40.3 Å². The number of allylic oxidation sites excluding steroid dienone is 14. The first-order valence-corrected chi connectivity index (χ1v) is 41.7. The van der Waals surface area contributed by atoms with Crippen LogP contribution in [0.5, 0.6) is 0 Å². The van der Waals surface area contributed by atoms with Crippen LogP contribution in [0.3, 0.4) is 0 Å². The van der Waals surface area contributed by atoms with Gasteiger partial charge in [-0.2, -0.15) is 0 Å². The molecule has 0 N–H and O–H groups in total. The van der Waals surface area contributed by atoms with Crippen LogP contribution >= 0.6 is 0 Å². The predicted molar refractivity (Wildman–Crippen MR) is 417 cm³/mol. The lowest BCUT2D eigenvalue weighted by molar-refractivity contribution is -0.870. The summed E-state index contributed by atoms with van der Waals surface area (Å²) < 4.78 is 22.9. The average Bonchev–Trinajstić information content (AvgIpc) is 3.74. The first-order chi connectivity index (χ1) is 47.6. The van der Waals surface area contributed by atoms with Gasteiger partial charge in [0, 0.05) is 12.8 Å². The molecule has 564 valence electrons. The average molecular weight is 1360 g/mol. The Morgan fingerprint density at radius 2 is 0.588 bits per heavy atom. The number of hydrogen-bond donors (Lipinski definition) is 0. The summed E-state index contributed by atoms with van der Waals surface area (Å²) in [5.74, 6) is -2.26. The van der Waals surface area contributed by atoms with Gasteiger partial charge in [0.2, 0.25) is 0 Å². The molecule has 0 aliphatic heterocycles. The van der Waals surface area contributed by atoms with E-state index in [-0.39, 0.29) is 32.2 Å². The van der Waals surface area contributed by atoms with Crippen LogP contribution in [-0.4, -0.2) is 82.3 Å². The van der Waals surface area contributed by atoms with E-state index in [1.165, 1.54) is 295 Å². The third-order valence-electron chi connectivity index (χ3n) is 18.6. The highest BCUT2D eigenvalue weighted by atomic mass is 16.7. The van der Waals surface area contributed by atoms with E-state index in [4.69, 9.17) is 18.9 Å². The highest BCUT2D eigenvalue weighted by Crippen LogP contribution is 2.20. The largest absolute Gasteiger partial charge is 0.545 e. The van der Waals surface area contributed by atoms with Crippen LogP contribution in [0, 0.1) is 0 Å². The maximum absolute atomic E-state index is 13.0. The molecule has 0 rings (SSSR count). The fourth-order valence-corrected chi connectivity index (χ4v) is 12.3. The lowest BCUT2D eigenvalue weighted by atomic mass is 10.0. The van der Waals surface area contributed by atoms with Crippen molar-refractivity contribution >= 4 is 17.9 Å². The zero-order chi connectivity index (χ0) is 70.4. The SMILES string of the molecule is CC/C=C\C/C=C\C/C=C\C/C=C\C/C=C\CCCCCCCCCCCCCCCCCCCCCC(=O)OC(COC(=O)CCCCCCCCCCCCCCCCCCCCCCCCCCC/C=C\C/C=C\CCCCCCC)COC(OCC[N+](C)(C)C)C(=O)[O-]. The second-order valence-corrected chi connectivity index (χ2v) is 29.4. The minimum atomic E-state index is -1.62. The summed E-state index contributed by atoms with van der Waals surface area (Å²) in [7, 11) is 5.95. The molecule has 0 aromatic rings. The van der Waals surface area contributed by atoms with Gasteiger partial charge in [-0.1, -0.05) is 381 Å². The standard InChI is InChI=1S/C88H159NO8/c1-6-8-10-12-14-16-18-20-22-24-26-28-30-32-34-36-38-40-42-43-45-46-48-50-52-54-56-58-60-62-64-66-68-70-72-74-76-78-85(90)95-82-84(83-96-88(87(92)93)94-81-80-89(3,4)5)97-86(91)79-77-75-73-71-69-67-65-63-61-59-57-55-53-51-49-47-44-41-39-37-35-33-31-29-27-25-23-21-19-17-15-13-11-9-7-2/h9,11,15,17-18,20-21,23-24,26-27,29,33,35,84,88H,6-8,10,12-14,16,19,22,25,28,30-32,34,36-83H2,1-5H3/b11-9-,17-15-,20-18-,23-21-,26-24-,29-27-,35-33-. The van der Waals surface area contributed by atoms with Crippen molar-refractivity contribution in [2.24, 2.45) is 0 Å². The second kappa shape index (κ2) is 78.2. The van der Waals surface area contributed by atoms with E-state index in [1.807, 2.05) is 21.1 Å². The number of rotatable bonds is 78. The van der Waals surface area contributed by atoms with Crippen molar-refractivity contribution < 1.29 is 42.9 Å². The molecule has 2 atom stereocenters. The Balaban J connectivity index is 3.96. The molecule has 0 heterocycles. The zero-order valence-corrected chi connectivity index (χ0v) is 64.7. The van der Waals surface area contributed by atoms with E-state index in [2.05, 4.69) is 98.9 Å². The van der Waals surface area contributed by atoms with Gasteiger partial charge in [-0.15, -0.1) is 0 Å². The van der Waals surface area contributed by atoms with Crippen LogP contribution in [0.4, 0.5) is 0 Å². The highest BCUT2D eigenvalue weighted by molar-refractivity contribution is 5.70. The molecular formula is C88H159NO8. The van der Waals surface area contributed by atoms with Gasteiger partial charge in [-0.05, 0) is 89.9 Å². The van der Waals surface area contributed by atoms with Crippen LogP contribution in [0.25, 0.3) is 0 Å². The number of aliphatic carboxylic acids is 1. The summed E-state index contributed by atoms with van der Waals surface area (Å²) in [6, 6.07) is 0. The third-order valence-corrected chi connectivity index (χ3v) is 18.6. The van der Waals surface area contributed by atoms with Crippen molar-refractivity contribution in [3.05, 3.63) is 85.1 Å². The first-order valence-electron chi connectivity index (χ1n) is 41.7. The van der Waals surface area contributed by atoms with Gasteiger partial charge in [-0.25, -0.2) is 0 Å². The van der Waals surface area contributed by atoms with E-state index < -0.39 is 24.3 Å². The van der Waals surface area contributed by atoms with E-state index in [0.29, 0.717) is 23.9 Å². The maximum atomic E-state index is 13.0. The molecule has 0 fully saturated rings. The van der Waals surface area contributed by atoms with Crippen LogP contribution in [0.1, 0.15) is 399 Å². The number of nitrogens with zero attached hydrogens (tertiary/aromatic N) is 1. The molecule has 0 saturated carbocycles. The molecule has 0 saturated heterocycles. The van der Waals surface area contributed by atoms with E-state index in [1.54, 1.807) is 0 Å². The van der Waals surface area contributed by atoms with Crippen LogP contribution < -0.4 is 5.11 Å². The topological polar surface area (TPSA) is 111 Å². The van der Waals surface area contributed by atoms with Crippen molar-refractivity contribution in [1.82, 2.24) is 0 Å². The molecule has 2 unspecified atom stereocenters. The first kappa shape index (κ1) is 93.5. The van der Waals surface area contributed by atoms with Gasteiger partial charge in [0.25, 0.3) is 0 Å². The summed E-state index contributed by atoms with van der Waals surface area (Å²) in [5.41, 5.74) is 0. The number of carboxylic acids is 1. The molecule has 0 radical (unpaired) electrons. The van der Waals surface area contributed by atoms with Gasteiger partial charge >= 0.3 is 11.9 Å². The third kappa shape index (κ3) is 79.7. The van der Waals surface area contributed by atoms with Crippen molar-refractivity contribution in [2.75, 3.05) is 47.5 Å². The van der Waals surface area contributed by atoms with Crippen molar-refractivity contribution in [2.45, 2.75) is 411 Å². The molecule has 97 heavy (non-hydrogen) atoms. The molecule has 0 bridgehead atoms. The molecule has 0 amide bonds. The molecule has 0 aromatic carbocycles. The maximum Gasteiger partial charge on any atom is 0.306 e. The van der Waals surface area contributed by atoms with E-state index >= 15 is 0 Å². The number of carboxylic acid groups (broad SMARTS) is 1. The number of esters is 2. The number of likely N-dealkylation sites (N-methyl/N-ethyl adjacent to an activating group) is 1. The summed E-state index contributed by atoms with van der Waals surface area (Å²) in [6.45, 7) is 4.69. The Bertz CT molecular complexity index is 1870. The molecule has 9 nitrogen and oxygen atoms in total. The lowest BCUT2D eigenvalue weighted by Gasteiger charge is -2.26. The summed E-state index contributed by atoms with van der Waals surface area (Å²) in [5, 5.41) is 11.9. The fraction of sp³-hybridized carbons (Fsp3) is 0.807. The smallest absolute Gasteiger partial charge is 0.306 e. The second-order valence-electron chi connectivity index (χ2n) is 29.4. The normalized spacial score (nSPS) is 13.0. The Labute approximate surface area is 601 Å². The zero-order valence-electron chi connectivity index (χ0n) is 64.7. The minimum absolute atomic E-state index is 0.149. The molecule has 0 aromatic heterocycles. The van der Waals surface area contributed by atoms with Crippen molar-refractivity contribution in [3.8, 4) is 0 Å². The summed E-state index contributed by atoms with van der Waals surface area (Å²) in [4.78, 5) is 37.6. The molecular weight excluding hydrogens is 1200 g/mol. The Morgan fingerprint density at radius 3 is 0.876 bits per heavy atom. The lowest BCUT2D eigenvalue weighted by Crippen LogP contribution is -2.44. The number of ether oxygens (including phenoxy) is 4. The van der Waals surface area contributed by atoms with Gasteiger partial charge in [-0.3, -0.25) is 9.59 Å². The summed E-state index contributed by atoms with van der Waals surface area (Å²) >= 11 is 0. The highest BCUT2D eigenvalue weighted by Gasteiger charge is 2.22. The van der Waals surface area contributed by atoms with Gasteiger partial charge < -0.3 is 33.3 Å². The number of carbonyl (C=O) groups excluding carboxylic acids is 3. The van der Waals surface area contributed by atoms with Crippen molar-refractivity contribution in [1.29, 1.82) is 0 Å². The predicted octanol–water partition coefficient (Wildman–Crippen LogP) is 25.6. The quantitative estimate of drug-likeness (QED) is 0.0195. The number of unbranched alkanes of at least 4 members (excludes halogenated alkanes) is 49. The Hall–Kier alpha value is -3.53. The number of hydrogen-bond acceptors (Lipinski definition) is 8. The fourth-order valence-electron chi connectivity index (χ4n) is 12.3. The summed E-state index contributed by atoms with van der Waals surface area (Å²) in [6.07, 6.45) is 104. The molecule has 0 aliphatic rings. The molecule has 9 heteroatoms. The van der Waals surface area contributed by atoms with E-state index in [0.717, 1.165) is 70.6 Å². The van der Waals surface area contributed by atoms with Crippen molar-refractivity contribution in [3.63, 3.8) is 0 Å². The number of carbonyl (C=O) groups is 3. The monoisotopic (exact) mass is 1360 g/mol. The minimum Gasteiger partial charge on any atom is -0.545 e. The Kier molecular flexibility index (Phi) is 75.3.